The third-order valence-electron chi connectivity index (χ3n) is 3.81. The maximum atomic E-state index is 12.4. The number of para-hydroxylation sites is 1. The molecule has 1 aliphatic rings. The van der Waals surface area contributed by atoms with Crippen molar-refractivity contribution in [2.24, 2.45) is 0 Å². The highest BCUT2D eigenvalue weighted by molar-refractivity contribution is 5.35. The Kier molecular flexibility index (Phi) is 5.31. The lowest BCUT2D eigenvalue weighted by Gasteiger charge is -2.32. The molecular formula is C15H22F2N2O. The van der Waals surface area contributed by atoms with Gasteiger partial charge in [-0.1, -0.05) is 18.2 Å². The number of alkyl halides is 2. The quantitative estimate of drug-likeness (QED) is 0.899. The fraction of sp³-hybridized carbons (Fsp3) is 0.600. The van der Waals surface area contributed by atoms with E-state index in [-0.39, 0.29) is 11.8 Å². The number of benzene rings is 1. The van der Waals surface area contributed by atoms with E-state index in [9.17, 15) is 8.78 Å². The van der Waals surface area contributed by atoms with Gasteiger partial charge in [-0.15, -0.1) is 0 Å². The molecule has 0 bridgehead atoms. The molecule has 0 radical (unpaired) electrons. The molecule has 1 N–H and O–H groups in total. The molecule has 0 aliphatic carbocycles. The van der Waals surface area contributed by atoms with Gasteiger partial charge in [0.2, 0.25) is 0 Å². The Hall–Kier alpha value is -1.20. The Bertz CT molecular complexity index is 420. The molecule has 0 aromatic heterocycles. The van der Waals surface area contributed by atoms with Crippen LogP contribution in [-0.2, 0) is 0 Å². The standard InChI is InChI=1S/C15H22F2N2O/c1-11(18-12-7-9-19(2)10-8-12)13-5-3-4-6-14(13)20-15(16)17/h3-6,11-12,15,18H,7-10H2,1-2H3. The SMILES string of the molecule is CC(NC1CCN(C)CC1)c1ccccc1OC(F)F. The van der Waals surface area contributed by atoms with Gasteiger partial charge in [-0.05, 0) is 46.0 Å². The number of nitrogens with zero attached hydrogens (tertiary/aromatic N) is 1. The van der Waals surface area contributed by atoms with E-state index >= 15 is 0 Å². The van der Waals surface area contributed by atoms with Gasteiger partial charge in [-0.25, -0.2) is 0 Å². The number of rotatable bonds is 5. The molecule has 0 saturated carbocycles. The molecule has 5 heteroatoms. The van der Waals surface area contributed by atoms with Crippen LogP contribution in [-0.4, -0.2) is 37.7 Å². The minimum atomic E-state index is -2.79. The monoisotopic (exact) mass is 284 g/mol. The molecule has 1 unspecified atom stereocenters. The molecule has 1 fully saturated rings. The molecule has 0 spiro atoms. The van der Waals surface area contributed by atoms with E-state index in [1.807, 2.05) is 19.1 Å². The fourth-order valence-electron chi connectivity index (χ4n) is 2.66. The summed E-state index contributed by atoms with van der Waals surface area (Å²) in [7, 11) is 2.12. The Labute approximate surface area is 118 Å². The van der Waals surface area contributed by atoms with Crippen molar-refractivity contribution in [3.05, 3.63) is 29.8 Å². The first-order chi connectivity index (χ1) is 9.56. The molecule has 1 heterocycles. The normalized spacial score (nSPS) is 19.2. The van der Waals surface area contributed by atoms with Crippen molar-refractivity contribution >= 4 is 0 Å². The highest BCUT2D eigenvalue weighted by Crippen LogP contribution is 2.27. The molecule has 1 aromatic rings. The molecule has 2 rings (SSSR count). The molecule has 112 valence electrons. The Morgan fingerprint density at radius 3 is 2.55 bits per heavy atom. The van der Waals surface area contributed by atoms with Gasteiger partial charge in [0, 0.05) is 17.6 Å². The van der Waals surface area contributed by atoms with Crippen LogP contribution in [0.15, 0.2) is 24.3 Å². The average molecular weight is 284 g/mol. The van der Waals surface area contributed by atoms with E-state index in [0.717, 1.165) is 31.5 Å². The summed E-state index contributed by atoms with van der Waals surface area (Å²) in [6, 6.07) is 7.42. The fourth-order valence-corrected chi connectivity index (χ4v) is 2.66. The van der Waals surface area contributed by atoms with Crippen LogP contribution in [0.1, 0.15) is 31.4 Å². The average Bonchev–Trinajstić information content (AvgIpc) is 2.41. The topological polar surface area (TPSA) is 24.5 Å². The number of halogens is 2. The third kappa shape index (κ3) is 4.15. The summed E-state index contributed by atoms with van der Waals surface area (Å²) in [5.41, 5.74) is 0.784. The molecular weight excluding hydrogens is 262 g/mol. The summed E-state index contributed by atoms with van der Waals surface area (Å²) in [6.07, 6.45) is 2.16. The summed E-state index contributed by atoms with van der Waals surface area (Å²) < 4.78 is 29.4. The zero-order valence-electron chi connectivity index (χ0n) is 12.0. The van der Waals surface area contributed by atoms with Crippen molar-refractivity contribution in [2.45, 2.75) is 38.5 Å². The maximum absolute atomic E-state index is 12.4. The van der Waals surface area contributed by atoms with E-state index in [1.54, 1.807) is 12.1 Å². The van der Waals surface area contributed by atoms with Gasteiger partial charge >= 0.3 is 6.61 Å². The van der Waals surface area contributed by atoms with Crippen LogP contribution < -0.4 is 10.1 Å². The number of hydrogen-bond acceptors (Lipinski definition) is 3. The molecule has 20 heavy (non-hydrogen) atoms. The van der Waals surface area contributed by atoms with E-state index < -0.39 is 6.61 Å². The van der Waals surface area contributed by atoms with Crippen molar-refractivity contribution in [3.63, 3.8) is 0 Å². The Morgan fingerprint density at radius 2 is 1.90 bits per heavy atom. The highest BCUT2D eigenvalue weighted by Gasteiger charge is 2.21. The second-order valence-corrected chi connectivity index (χ2v) is 5.38. The smallest absolute Gasteiger partial charge is 0.387 e. The Balaban J connectivity index is 1.99. The van der Waals surface area contributed by atoms with Crippen LogP contribution in [0.25, 0.3) is 0 Å². The van der Waals surface area contributed by atoms with Crippen LogP contribution >= 0.6 is 0 Å². The number of piperidine rings is 1. The van der Waals surface area contributed by atoms with Crippen molar-refractivity contribution in [1.29, 1.82) is 0 Å². The lowest BCUT2D eigenvalue weighted by atomic mass is 10.0. The minimum absolute atomic E-state index is 0.00152. The first-order valence-corrected chi connectivity index (χ1v) is 7.04. The lowest BCUT2D eigenvalue weighted by Crippen LogP contribution is -2.41. The van der Waals surface area contributed by atoms with E-state index in [4.69, 9.17) is 0 Å². The van der Waals surface area contributed by atoms with E-state index in [1.165, 1.54) is 0 Å². The van der Waals surface area contributed by atoms with Crippen LogP contribution in [0.5, 0.6) is 5.75 Å². The number of nitrogens with one attached hydrogen (secondary N) is 1. The van der Waals surface area contributed by atoms with Gasteiger partial charge in [0.15, 0.2) is 0 Å². The summed E-state index contributed by atoms with van der Waals surface area (Å²) in [5, 5.41) is 3.52. The number of likely N-dealkylation sites (tertiary alicyclic amines) is 1. The molecule has 1 aromatic carbocycles. The predicted octanol–water partition coefficient (Wildman–Crippen LogP) is 3.03. The van der Waals surface area contributed by atoms with Gasteiger partial charge < -0.3 is 15.0 Å². The van der Waals surface area contributed by atoms with Crippen molar-refractivity contribution in [1.82, 2.24) is 10.2 Å². The second-order valence-electron chi connectivity index (χ2n) is 5.38. The van der Waals surface area contributed by atoms with Crippen molar-refractivity contribution < 1.29 is 13.5 Å². The van der Waals surface area contributed by atoms with Crippen LogP contribution in [0.3, 0.4) is 0 Å². The predicted molar refractivity (Wildman–Crippen MR) is 75.1 cm³/mol. The maximum Gasteiger partial charge on any atom is 0.387 e. The molecule has 3 nitrogen and oxygen atoms in total. The summed E-state index contributed by atoms with van der Waals surface area (Å²) >= 11 is 0. The van der Waals surface area contributed by atoms with Gasteiger partial charge in [-0.2, -0.15) is 8.78 Å². The van der Waals surface area contributed by atoms with E-state index in [0.29, 0.717) is 6.04 Å². The molecule has 1 atom stereocenters. The lowest BCUT2D eigenvalue weighted by molar-refractivity contribution is -0.0507. The second kappa shape index (κ2) is 6.99. The van der Waals surface area contributed by atoms with Gasteiger partial charge in [0.05, 0.1) is 0 Å². The van der Waals surface area contributed by atoms with Crippen molar-refractivity contribution in [3.8, 4) is 5.75 Å². The first kappa shape index (κ1) is 15.2. The van der Waals surface area contributed by atoms with Gasteiger partial charge in [0.1, 0.15) is 5.75 Å². The highest BCUT2D eigenvalue weighted by atomic mass is 19.3. The number of hydrogen-bond donors (Lipinski definition) is 1. The zero-order chi connectivity index (χ0) is 14.5. The van der Waals surface area contributed by atoms with Crippen LogP contribution in [0.4, 0.5) is 8.78 Å². The van der Waals surface area contributed by atoms with Gasteiger partial charge in [-0.3, -0.25) is 0 Å². The number of ether oxygens (including phenoxy) is 1. The molecule has 1 saturated heterocycles. The Morgan fingerprint density at radius 1 is 1.25 bits per heavy atom. The van der Waals surface area contributed by atoms with Crippen molar-refractivity contribution in [2.75, 3.05) is 20.1 Å². The molecule has 1 aliphatic heterocycles. The third-order valence-corrected chi connectivity index (χ3v) is 3.81. The van der Waals surface area contributed by atoms with Gasteiger partial charge in [0.25, 0.3) is 0 Å². The summed E-state index contributed by atoms with van der Waals surface area (Å²) in [6.45, 7) is 1.34. The summed E-state index contributed by atoms with van der Waals surface area (Å²) in [5.74, 6) is 0.260. The minimum Gasteiger partial charge on any atom is -0.434 e. The van der Waals surface area contributed by atoms with E-state index in [2.05, 4.69) is 22.0 Å². The van der Waals surface area contributed by atoms with Crippen LogP contribution in [0, 0.1) is 0 Å². The zero-order valence-corrected chi connectivity index (χ0v) is 12.0. The largest absolute Gasteiger partial charge is 0.434 e. The molecule has 0 amide bonds. The first-order valence-electron chi connectivity index (χ1n) is 7.04. The summed E-state index contributed by atoms with van der Waals surface area (Å²) in [4.78, 5) is 2.30. The van der Waals surface area contributed by atoms with Crippen LogP contribution in [0.2, 0.25) is 0 Å².